The first kappa shape index (κ1) is 23.6. The second-order valence-corrected chi connectivity index (χ2v) is 7.75. The Labute approximate surface area is 171 Å². The van der Waals surface area contributed by atoms with E-state index >= 15 is 0 Å². The Balaban J connectivity index is 2.82. The third-order valence-electron chi connectivity index (χ3n) is 4.16. The second kappa shape index (κ2) is 12.8. The minimum Gasteiger partial charge on any atom is -0.493 e. The molecule has 7 heteroatoms. The fourth-order valence-corrected chi connectivity index (χ4v) is 3.62. The van der Waals surface area contributed by atoms with Gasteiger partial charge in [0.05, 0.1) is 25.2 Å². The van der Waals surface area contributed by atoms with Crippen LogP contribution in [0.5, 0.6) is 11.5 Å². The molecule has 0 spiro atoms. The predicted molar refractivity (Wildman–Crippen MR) is 115 cm³/mol. The Kier molecular flexibility index (Phi) is 11.2. The van der Waals surface area contributed by atoms with Crippen molar-refractivity contribution in [3.8, 4) is 11.5 Å². The molecule has 6 nitrogen and oxygen atoms in total. The van der Waals surface area contributed by atoms with Crippen LogP contribution in [0, 0.1) is 11.8 Å². The summed E-state index contributed by atoms with van der Waals surface area (Å²) in [4.78, 5) is 4.68. The Hall–Kier alpha value is -1.47. The molecule has 1 aromatic rings. The van der Waals surface area contributed by atoms with Gasteiger partial charge in [0.1, 0.15) is 0 Å². The van der Waals surface area contributed by atoms with E-state index in [4.69, 9.17) is 9.47 Å². The molecular weight excluding hydrogens is 410 g/mol. The molecule has 0 radical (unpaired) electrons. The van der Waals surface area contributed by atoms with Crippen LogP contribution in [0.2, 0.25) is 0 Å². The van der Waals surface area contributed by atoms with Crippen LogP contribution in [0.25, 0.3) is 0 Å². The Morgan fingerprint density at radius 3 is 2.52 bits per heavy atom. The van der Waals surface area contributed by atoms with Gasteiger partial charge in [-0.2, -0.15) is 0 Å². The zero-order chi connectivity index (χ0) is 20.2. The van der Waals surface area contributed by atoms with E-state index in [-0.39, 0.29) is 6.61 Å². The van der Waals surface area contributed by atoms with Gasteiger partial charge in [-0.3, -0.25) is 0 Å². The lowest BCUT2D eigenvalue weighted by atomic mass is 9.94. The summed E-state index contributed by atoms with van der Waals surface area (Å²) in [6.45, 7) is 8.77. The summed E-state index contributed by atoms with van der Waals surface area (Å²) in [5.41, 5.74) is 1.02. The normalized spacial score (nSPS) is 12.8. The molecule has 0 saturated carbocycles. The first-order chi connectivity index (χ1) is 12.9. The largest absolute Gasteiger partial charge is 0.493 e. The molecule has 1 unspecified atom stereocenters. The van der Waals surface area contributed by atoms with Gasteiger partial charge in [0.25, 0.3) is 0 Å². The summed E-state index contributed by atoms with van der Waals surface area (Å²) in [6.07, 6.45) is 1.88. The van der Waals surface area contributed by atoms with E-state index in [2.05, 4.69) is 45.4 Å². The van der Waals surface area contributed by atoms with E-state index in [9.17, 15) is 5.11 Å². The summed E-state index contributed by atoms with van der Waals surface area (Å²) >= 11 is 3.52. The molecule has 0 aliphatic heterocycles. The predicted octanol–water partition coefficient (Wildman–Crippen LogP) is 3.57. The highest BCUT2D eigenvalue weighted by atomic mass is 79.9. The topological polar surface area (TPSA) is 75.1 Å². The molecule has 0 aliphatic rings. The maximum atomic E-state index is 9.29. The molecule has 1 atom stereocenters. The number of nitrogens with one attached hydrogen (secondary N) is 2. The number of hydrogen-bond donors (Lipinski definition) is 3. The molecule has 0 bridgehead atoms. The molecule has 0 aliphatic carbocycles. The number of halogens is 1. The Bertz CT molecular complexity index is 594. The molecule has 0 fully saturated rings. The van der Waals surface area contributed by atoms with Gasteiger partial charge in [0.2, 0.25) is 0 Å². The highest BCUT2D eigenvalue weighted by Crippen LogP contribution is 2.36. The van der Waals surface area contributed by atoms with Gasteiger partial charge in [0, 0.05) is 19.7 Å². The molecule has 0 amide bonds. The van der Waals surface area contributed by atoms with Crippen molar-refractivity contribution in [2.75, 3.05) is 33.9 Å². The molecule has 0 aromatic heterocycles. The highest BCUT2D eigenvalue weighted by Gasteiger charge is 2.12. The number of ether oxygens (including phenoxy) is 2. The molecule has 27 heavy (non-hydrogen) atoms. The SMILES string of the molecule is CCNC(=NCc1cc(Br)c(OC)c(OC)c1)NCC(CCO)CC(C)C. The van der Waals surface area contributed by atoms with Crippen molar-refractivity contribution in [3.63, 3.8) is 0 Å². The van der Waals surface area contributed by atoms with Crippen LogP contribution in [-0.4, -0.2) is 45.0 Å². The van der Waals surface area contributed by atoms with Crippen molar-refractivity contribution in [1.82, 2.24) is 10.6 Å². The van der Waals surface area contributed by atoms with Gasteiger partial charge >= 0.3 is 0 Å². The zero-order valence-electron chi connectivity index (χ0n) is 17.1. The van der Waals surface area contributed by atoms with Gasteiger partial charge in [-0.05, 0) is 65.2 Å². The van der Waals surface area contributed by atoms with E-state index < -0.39 is 0 Å². The monoisotopic (exact) mass is 443 g/mol. The number of aliphatic hydroxyl groups excluding tert-OH is 1. The number of guanidine groups is 1. The number of aliphatic imine (C=N–C) groups is 1. The minimum atomic E-state index is 0.215. The van der Waals surface area contributed by atoms with Crippen molar-refractivity contribution in [2.24, 2.45) is 16.8 Å². The summed E-state index contributed by atoms with van der Waals surface area (Å²) in [7, 11) is 3.24. The van der Waals surface area contributed by atoms with E-state index in [0.717, 1.165) is 41.9 Å². The third kappa shape index (κ3) is 8.39. The van der Waals surface area contributed by atoms with E-state index in [1.807, 2.05) is 19.1 Å². The van der Waals surface area contributed by atoms with Crippen LogP contribution in [0.15, 0.2) is 21.6 Å². The van der Waals surface area contributed by atoms with Crippen molar-refractivity contribution in [3.05, 3.63) is 22.2 Å². The smallest absolute Gasteiger partial charge is 0.191 e. The average Bonchev–Trinajstić information content (AvgIpc) is 2.63. The zero-order valence-corrected chi connectivity index (χ0v) is 18.7. The van der Waals surface area contributed by atoms with E-state index in [1.165, 1.54) is 0 Å². The lowest BCUT2D eigenvalue weighted by Gasteiger charge is -2.20. The first-order valence-corrected chi connectivity index (χ1v) is 10.3. The molecule has 154 valence electrons. The quantitative estimate of drug-likeness (QED) is 0.360. The molecule has 1 rings (SSSR count). The average molecular weight is 444 g/mol. The van der Waals surface area contributed by atoms with Crippen molar-refractivity contribution < 1.29 is 14.6 Å². The fourth-order valence-electron chi connectivity index (χ4n) is 2.97. The Morgan fingerprint density at radius 1 is 1.22 bits per heavy atom. The van der Waals surface area contributed by atoms with Crippen LogP contribution in [0.4, 0.5) is 0 Å². The maximum absolute atomic E-state index is 9.29. The number of hydrogen-bond acceptors (Lipinski definition) is 4. The summed E-state index contributed by atoms with van der Waals surface area (Å²) in [6, 6.07) is 3.92. The molecular formula is C20H34BrN3O3. The van der Waals surface area contributed by atoms with Gasteiger partial charge in [0.15, 0.2) is 17.5 Å². The van der Waals surface area contributed by atoms with Crippen molar-refractivity contribution >= 4 is 21.9 Å². The third-order valence-corrected chi connectivity index (χ3v) is 4.75. The van der Waals surface area contributed by atoms with Crippen LogP contribution in [-0.2, 0) is 6.54 Å². The maximum Gasteiger partial charge on any atom is 0.191 e. The van der Waals surface area contributed by atoms with Crippen LogP contribution in [0.1, 0.15) is 39.2 Å². The first-order valence-electron chi connectivity index (χ1n) is 9.48. The van der Waals surface area contributed by atoms with Crippen molar-refractivity contribution in [1.29, 1.82) is 0 Å². The lowest BCUT2D eigenvalue weighted by Crippen LogP contribution is -2.40. The number of aliphatic hydroxyl groups is 1. The number of nitrogens with zero attached hydrogens (tertiary/aromatic N) is 1. The van der Waals surface area contributed by atoms with Gasteiger partial charge in [-0.25, -0.2) is 4.99 Å². The summed E-state index contributed by atoms with van der Waals surface area (Å²) in [5.74, 6) is 3.15. The van der Waals surface area contributed by atoms with Crippen LogP contribution < -0.4 is 20.1 Å². The standard InChI is InChI=1S/C20H34BrN3O3/c1-6-22-20(23-12-15(7-8-25)9-14(2)3)24-13-16-10-17(21)19(27-5)18(11-16)26-4/h10-11,14-15,25H,6-9,12-13H2,1-5H3,(H2,22,23,24). The van der Waals surface area contributed by atoms with Crippen LogP contribution in [0.3, 0.4) is 0 Å². The minimum absolute atomic E-state index is 0.215. The van der Waals surface area contributed by atoms with Crippen LogP contribution >= 0.6 is 15.9 Å². The highest BCUT2D eigenvalue weighted by molar-refractivity contribution is 9.10. The van der Waals surface area contributed by atoms with Gasteiger partial charge < -0.3 is 25.2 Å². The van der Waals surface area contributed by atoms with Gasteiger partial charge in [-0.1, -0.05) is 13.8 Å². The molecule has 3 N–H and O–H groups in total. The fraction of sp³-hybridized carbons (Fsp3) is 0.650. The lowest BCUT2D eigenvalue weighted by molar-refractivity contribution is 0.243. The number of benzene rings is 1. The molecule has 0 heterocycles. The van der Waals surface area contributed by atoms with Crippen molar-refractivity contribution in [2.45, 2.75) is 40.2 Å². The number of rotatable bonds is 11. The Morgan fingerprint density at radius 2 is 1.96 bits per heavy atom. The summed E-state index contributed by atoms with van der Waals surface area (Å²) in [5, 5.41) is 16.0. The van der Waals surface area contributed by atoms with E-state index in [0.29, 0.717) is 29.9 Å². The molecule has 1 aromatic carbocycles. The van der Waals surface area contributed by atoms with Gasteiger partial charge in [-0.15, -0.1) is 0 Å². The molecule has 0 saturated heterocycles. The number of methoxy groups -OCH3 is 2. The second-order valence-electron chi connectivity index (χ2n) is 6.90. The van der Waals surface area contributed by atoms with E-state index in [1.54, 1.807) is 14.2 Å². The summed E-state index contributed by atoms with van der Waals surface area (Å²) < 4.78 is 11.6.